The molecule has 1 spiro atoms. The van der Waals surface area contributed by atoms with Crippen molar-refractivity contribution in [3.8, 4) is 0 Å². The molecule has 0 amide bonds. The van der Waals surface area contributed by atoms with E-state index in [1.54, 1.807) is 25.1 Å². The SMILES string of the molecule is CCOC(=O)[C@H]1OC2(CCCC2)O[C@@H]1c1c(Cl)cccc1Cl. The van der Waals surface area contributed by atoms with Gasteiger partial charge in [0.1, 0.15) is 6.10 Å². The highest BCUT2D eigenvalue weighted by atomic mass is 35.5. The standard InChI is InChI=1S/C16H18Cl2O4/c1-2-20-15(19)14-13(12-10(17)6-5-7-11(12)18)21-16(22-14)8-3-4-9-16/h5-7,13-14H,2-4,8-9H2,1H3/t13-,14+/m1/s1. The molecule has 120 valence electrons. The lowest BCUT2D eigenvalue weighted by Crippen LogP contribution is -2.31. The van der Waals surface area contributed by atoms with Crippen LogP contribution in [0.25, 0.3) is 0 Å². The largest absolute Gasteiger partial charge is 0.464 e. The van der Waals surface area contributed by atoms with E-state index in [1.165, 1.54) is 0 Å². The number of hydrogen-bond acceptors (Lipinski definition) is 4. The predicted octanol–water partition coefficient (Wildman–Crippen LogP) is 4.28. The Morgan fingerprint density at radius 1 is 1.27 bits per heavy atom. The Morgan fingerprint density at radius 3 is 2.50 bits per heavy atom. The first kappa shape index (κ1) is 16.1. The lowest BCUT2D eigenvalue weighted by atomic mass is 10.0. The van der Waals surface area contributed by atoms with Gasteiger partial charge in [-0.05, 0) is 31.9 Å². The van der Waals surface area contributed by atoms with Crippen molar-refractivity contribution < 1.29 is 19.0 Å². The van der Waals surface area contributed by atoms with E-state index in [0.717, 1.165) is 25.7 Å². The number of carbonyl (C=O) groups is 1. The van der Waals surface area contributed by atoms with Crippen LogP contribution in [0, 0.1) is 0 Å². The molecule has 3 rings (SSSR count). The average Bonchev–Trinajstić information content (AvgIpc) is 3.07. The van der Waals surface area contributed by atoms with Gasteiger partial charge in [-0.3, -0.25) is 0 Å². The van der Waals surface area contributed by atoms with Gasteiger partial charge in [0.25, 0.3) is 0 Å². The molecule has 0 unspecified atom stereocenters. The third-order valence-corrected chi connectivity index (χ3v) is 4.79. The molecule has 0 aromatic heterocycles. The summed E-state index contributed by atoms with van der Waals surface area (Å²) < 4.78 is 17.3. The fourth-order valence-electron chi connectivity index (χ4n) is 3.15. The van der Waals surface area contributed by atoms with Crippen LogP contribution in [0.2, 0.25) is 10.0 Å². The molecule has 2 atom stereocenters. The van der Waals surface area contributed by atoms with Crippen LogP contribution in [0.3, 0.4) is 0 Å². The van der Waals surface area contributed by atoms with E-state index >= 15 is 0 Å². The maximum atomic E-state index is 12.3. The summed E-state index contributed by atoms with van der Waals surface area (Å²) in [6, 6.07) is 5.22. The Hall–Kier alpha value is -0.810. The summed E-state index contributed by atoms with van der Waals surface area (Å²) >= 11 is 12.6. The number of hydrogen-bond donors (Lipinski definition) is 0. The first-order chi connectivity index (χ1) is 10.6. The third-order valence-electron chi connectivity index (χ3n) is 4.13. The number of rotatable bonds is 3. The normalized spacial score (nSPS) is 26.5. The van der Waals surface area contributed by atoms with Gasteiger partial charge in [-0.1, -0.05) is 29.3 Å². The first-order valence-corrected chi connectivity index (χ1v) is 8.28. The monoisotopic (exact) mass is 344 g/mol. The quantitative estimate of drug-likeness (QED) is 0.767. The van der Waals surface area contributed by atoms with E-state index in [1.807, 2.05) is 0 Å². The van der Waals surface area contributed by atoms with Gasteiger partial charge in [0.2, 0.25) is 0 Å². The number of ether oxygens (including phenoxy) is 3. The van der Waals surface area contributed by atoms with Crippen LogP contribution in [0.1, 0.15) is 44.3 Å². The van der Waals surface area contributed by atoms with Crippen LogP contribution >= 0.6 is 23.2 Å². The molecule has 1 saturated heterocycles. The molecule has 2 fully saturated rings. The van der Waals surface area contributed by atoms with Crippen molar-refractivity contribution in [2.45, 2.75) is 50.6 Å². The van der Waals surface area contributed by atoms with E-state index in [-0.39, 0.29) is 6.61 Å². The molecule has 22 heavy (non-hydrogen) atoms. The molecule has 1 aliphatic heterocycles. The maximum Gasteiger partial charge on any atom is 0.338 e. The molecule has 1 heterocycles. The van der Waals surface area contributed by atoms with Gasteiger partial charge >= 0.3 is 5.97 Å². The maximum absolute atomic E-state index is 12.3. The summed E-state index contributed by atoms with van der Waals surface area (Å²) in [6.45, 7) is 2.05. The van der Waals surface area contributed by atoms with Gasteiger partial charge in [0, 0.05) is 28.5 Å². The van der Waals surface area contributed by atoms with Crippen molar-refractivity contribution in [1.29, 1.82) is 0 Å². The minimum Gasteiger partial charge on any atom is -0.464 e. The van der Waals surface area contributed by atoms with Gasteiger partial charge in [-0.25, -0.2) is 4.79 Å². The summed E-state index contributed by atoms with van der Waals surface area (Å²) in [5.74, 6) is -1.16. The Kier molecular flexibility index (Phi) is 4.64. The summed E-state index contributed by atoms with van der Waals surface area (Å²) in [6.07, 6.45) is 2.08. The number of halogens is 2. The van der Waals surface area contributed by atoms with Crippen LogP contribution in [-0.2, 0) is 19.0 Å². The van der Waals surface area contributed by atoms with Crippen molar-refractivity contribution >= 4 is 29.2 Å². The summed E-state index contributed by atoms with van der Waals surface area (Å²) in [5, 5.41) is 0.927. The molecule has 0 N–H and O–H groups in total. The summed E-state index contributed by atoms with van der Waals surface area (Å²) in [4.78, 5) is 12.3. The van der Waals surface area contributed by atoms with Gasteiger partial charge < -0.3 is 14.2 Å². The molecule has 2 aliphatic rings. The fourth-order valence-corrected chi connectivity index (χ4v) is 3.76. The van der Waals surface area contributed by atoms with Crippen molar-refractivity contribution in [3.05, 3.63) is 33.8 Å². The summed E-state index contributed by atoms with van der Waals surface area (Å²) in [7, 11) is 0. The highest BCUT2D eigenvalue weighted by Gasteiger charge is 2.53. The van der Waals surface area contributed by atoms with Crippen molar-refractivity contribution in [1.82, 2.24) is 0 Å². The Morgan fingerprint density at radius 2 is 1.91 bits per heavy atom. The van der Waals surface area contributed by atoms with E-state index in [0.29, 0.717) is 15.6 Å². The lowest BCUT2D eigenvalue weighted by molar-refractivity contribution is -0.181. The van der Waals surface area contributed by atoms with Crippen molar-refractivity contribution in [3.63, 3.8) is 0 Å². The zero-order chi connectivity index (χ0) is 15.7. The molecule has 0 bridgehead atoms. The van der Waals surface area contributed by atoms with Gasteiger partial charge in [-0.2, -0.15) is 0 Å². The van der Waals surface area contributed by atoms with Gasteiger partial charge in [0.15, 0.2) is 11.9 Å². The zero-order valence-corrected chi connectivity index (χ0v) is 13.8. The van der Waals surface area contributed by atoms with E-state index in [9.17, 15) is 4.79 Å². The Balaban J connectivity index is 1.97. The number of carbonyl (C=O) groups excluding carboxylic acids is 1. The highest BCUT2D eigenvalue weighted by molar-refractivity contribution is 6.36. The molecule has 1 aliphatic carbocycles. The van der Waals surface area contributed by atoms with Gasteiger partial charge in [-0.15, -0.1) is 0 Å². The third kappa shape index (κ3) is 2.85. The minimum atomic E-state index is -0.838. The van der Waals surface area contributed by atoms with Crippen LogP contribution < -0.4 is 0 Å². The van der Waals surface area contributed by atoms with E-state index in [2.05, 4.69) is 0 Å². The minimum absolute atomic E-state index is 0.286. The topological polar surface area (TPSA) is 44.8 Å². The molecule has 1 saturated carbocycles. The molecule has 1 aromatic carbocycles. The molecule has 6 heteroatoms. The number of esters is 1. The zero-order valence-electron chi connectivity index (χ0n) is 12.3. The molecule has 0 radical (unpaired) electrons. The average molecular weight is 345 g/mol. The molecule has 1 aromatic rings. The second kappa shape index (κ2) is 6.36. The molecular formula is C16H18Cl2O4. The van der Waals surface area contributed by atoms with Crippen molar-refractivity contribution in [2.75, 3.05) is 6.61 Å². The second-order valence-corrected chi connectivity index (χ2v) is 6.40. The first-order valence-electron chi connectivity index (χ1n) is 7.52. The molecule has 4 nitrogen and oxygen atoms in total. The van der Waals surface area contributed by atoms with Crippen LogP contribution in [0.15, 0.2) is 18.2 Å². The number of benzene rings is 1. The van der Waals surface area contributed by atoms with E-state index < -0.39 is 24.0 Å². The highest BCUT2D eigenvalue weighted by Crippen LogP contribution is 2.49. The second-order valence-electron chi connectivity index (χ2n) is 5.58. The van der Waals surface area contributed by atoms with E-state index in [4.69, 9.17) is 37.4 Å². The van der Waals surface area contributed by atoms with Crippen LogP contribution in [-0.4, -0.2) is 24.5 Å². The fraction of sp³-hybridized carbons (Fsp3) is 0.562. The van der Waals surface area contributed by atoms with Gasteiger partial charge in [0.05, 0.1) is 6.61 Å². The smallest absolute Gasteiger partial charge is 0.338 e. The molecular weight excluding hydrogens is 327 g/mol. The van der Waals surface area contributed by atoms with Crippen LogP contribution in [0.5, 0.6) is 0 Å². The Bertz CT molecular complexity index is 549. The van der Waals surface area contributed by atoms with Crippen molar-refractivity contribution in [2.24, 2.45) is 0 Å². The lowest BCUT2D eigenvalue weighted by Gasteiger charge is -2.22. The van der Waals surface area contributed by atoms with Crippen LogP contribution in [0.4, 0.5) is 0 Å². The Labute approximate surface area is 139 Å². The summed E-state index contributed by atoms with van der Waals surface area (Å²) in [5.41, 5.74) is 0.590. The predicted molar refractivity (Wildman–Crippen MR) is 83.0 cm³/mol.